The lowest BCUT2D eigenvalue weighted by Gasteiger charge is -2.23. The second-order valence-electron chi connectivity index (χ2n) is 5.60. The Kier molecular flexibility index (Phi) is 4.99. The maximum absolute atomic E-state index is 12.0. The van der Waals surface area contributed by atoms with Gasteiger partial charge in [-0.05, 0) is 32.1 Å². The molecule has 0 aliphatic carbocycles. The van der Waals surface area contributed by atoms with Crippen LogP contribution in [0.15, 0.2) is 0 Å². The quantitative estimate of drug-likeness (QED) is 0.805. The summed E-state index contributed by atoms with van der Waals surface area (Å²) < 4.78 is 0. The zero-order valence-electron chi connectivity index (χ0n) is 11.6. The van der Waals surface area contributed by atoms with Gasteiger partial charge in [-0.25, -0.2) is 4.79 Å². The van der Waals surface area contributed by atoms with Crippen LogP contribution in [0.1, 0.15) is 34.1 Å². The summed E-state index contributed by atoms with van der Waals surface area (Å²) in [6.45, 7) is 9.21. The Morgan fingerprint density at radius 1 is 1.28 bits per heavy atom. The number of likely N-dealkylation sites (tertiary alicyclic amines) is 1. The van der Waals surface area contributed by atoms with E-state index >= 15 is 0 Å². The highest BCUT2D eigenvalue weighted by Crippen LogP contribution is 2.23. The van der Waals surface area contributed by atoms with Crippen molar-refractivity contribution in [3.63, 3.8) is 0 Å². The molecule has 5 nitrogen and oxygen atoms in total. The van der Waals surface area contributed by atoms with Gasteiger partial charge >= 0.3 is 12.0 Å². The summed E-state index contributed by atoms with van der Waals surface area (Å²) in [6.07, 6.45) is 1.04. The van der Waals surface area contributed by atoms with Crippen molar-refractivity contribution in [2.45, 2.75) is 40.2 Å². The maximum Gasteiger partial charge on any atom is 0.317 e. The van der Waals surface area contributed by atoms with E-state index in [2.05, 4.69) is 19.2 Å². The Hall–Kier alpha value is -1.26. The van der Waals surface area contributed by atoms with Gasteiger partial charge in [0.25, 0.3) is 0 Å². The molecule has 0 saturated carbocycles. The molecule has 3 unspecified atom stereocenters. The average Bonchev–Trinajstić information content (AvgIpc) is 2.76. The number of carbonyl (C=O) groups is 2. The van der Waals surface area contributed by atoms with Crippen molar-refractivity contribution in [2.24, 2.45) is 17.8 Å². The van der Waals surface area contributed by atoms with E-state index in [1.807, 2.05) is 0 Å². The number of amides is 2. The van der Waals surface area contributed by atoms with Crippen LogP contribution in [0, 0.1) is 17.8 Å². The third-order valence-corrected chi connectivity index (χ3v) is 3.95. The van der Waals surface area contributed by atoms with Crippen molar-refractivity contribution in [3.8, 4) is 0 Å². The van der Waals surface area contributed by atoms with Crippen molar-refractivity contribution in [3.05, 3.63) is 0 Å². The van der Waals surface area contributed by atoms with Gasteiger partial charge in [0.2, 0.25) is 0 Å². The molecule has 1 aliphatic heterocycles. The van der Waals surface area contributed by atoms with E-state index < -0.39 is 11.9 Å². The van der Waals surface area contributed by atoms with Gasteiger partial charge in [-0.15, -0.1) is 0 Å². The van der Waals surface area contributed by atoms with Crippen LogP contribution in [0.25, 0.3) is 0 Å². The summed E-state index contributed by atoms with van der Waals surface area (Å²) in [5.41, 5.74) is 0. The van der Waals surface area contributed by atoms with Crippen LogP contribution >= 0.6 is 0 Å². The first-order valence-electron chi connectivity index (χ1n) is 6.61. The molecule has 1 saturated heterocycles. The van der Waals surface area contributed by atoms with E-state index in [-0.39, 0.29) is 12.1 Å². The molecule has 0 bridgehead atoms. The molecule has 2 amide bonds. The number of carboxylic acid groups (broad SMARTS) is 1. The highest BCUT2D eigenvalue weighted by atomic mass is 16.4. The standard InChI is InChI=1S/C13H24N2O3/c1-8(2)11-5-6-15(7-11)13(18)14-10(4)9(3)12(16)17/h8-11H,5-7H2,1-4H3,(H,14,18)(H,16,17). The molecule has 0 spiro atoms. The first-order valence-corrected chi connectivity index (χ1v) is 6.61. The number of urea groups is 1. The fourth-order valence-electron chi connectivity index (χ4n) is 2.14. The van der Waals surface area contributed by atoms with Crippen molar-refractivity contribution in [2.75, 3.05) is 13.1 Å². The number of nitrogens with one attached hydrogen (secondary N) is 1. The van der Waals surface area contributed by atoms with E-state index in [0.717, 1.165) is 19.5 Å². The van der Waals surface area contributed by atoms with Crippen LogP contribution in [0.5, 0.6) is 0 Å². The van der Waals surface area contributed by atoms with Crippen LogP contribution < -0.4 is 5.32 Å². The number of hydrogen-bond donors (Lipinski definition) is 2. The number of carboxylic acids is 1. The van der Waals surface area contributed by atoms with Gasteiger partial charge < -0.3 is 15.3 Å². The number of aliphatic carboxylic acids is 1. The average molecular weight is 256 g/mol. The maximum atomic E-state index is 12.0. The number of hydrogen-bond acceptors (Lipinski definition) is 2. The summed E-state index contributed by atoms with van der Waals surface area (Å²) in [6, 6.07) is -0.494. The molecule has 0 aromatic rings. The van der Waals surface area contributed by atoms with Gasteiger partial charge in [-0.2, -0.15) is 0 Å². The molecule has 104 valence electrons. The highest BCUT2D eigenvalue weighted by molar-refractivity contribution is 5.76. The van der Waals surface area contributed by atoms with E-state index in [0.29, 0.717) is 11.8 Å². The predicted octanol–water partition coefficient (Wildman–Crippen LogP) is 1.78. The molecule has 1 fully saturated rings. The van der Waals surface area contributed by atoms with E-state index in [4.69, 9.17) is 5.11 Å². The lowest BCUT2D eigenvalue weighted by atomic mass is 9.95. The molecule has 1 rings (SSSR count). The van der Waals surface area contributed by atoms with Gasteiger partial charge in [0.05, 0.1) is 5.92 Å². The summed E-state index contributed by atoms with van der Waals surface area (Å²) in [4.78, 5) is 24.6. The van der Waals surface area contributed by atoms with Gasteiger partial charge in [0.15, 0.2) is 0 Å². The Bertz CT molecular complexity index is 317. The number of nitrogens with zero attached hydrogens (tertiary/aromatic N) is 1. The van der Waals surface area contributed by atoms with Crippen molar-refractivity contribution >= 4 is 12.0 Å². The monoisotopic (exact) mass is 256 g/mol. The fraction of sp³-hybridized carbons (Fsp3) is 0.846. The molecule has 2 N–H and O–H groups in total. The molecular formula is C13H24N2O3. The predicted molar refractivity (Wildman–Crippen MR) is 69.3 cm³/mol. The third kappa shape index (κ3) is 3.62. The van der Waals surface area contributed by atoms with Crippen LogP contribution in [-0.2, 0) is 4.79 Å². The van der Waals surface area contributed by atoms with Crippen molar-refractivity contribution in [1.82, 2.24) is 10.2 Å². The van der Waals surface area contributed by atoms with Crippen LogP contribution in [0.3, 0.4) is 0 Å². The minimum atomic E-state index is -0.885. The minimum Gasteiger partial charge on any atom is -0.481 e. The normalized spacial score (nSPS) is 22.9. The summed E-state index contributed by atoms with van der Waals surface area (Å²) >= 11 is 0. The zero-order valence-corrected chi connectivity index (χ0v) is 11.6. The lowest BCUT2D eigenvalue weighted by molar-refractivity contribution is -0.141. The van der Waals surface area contributed by atoms with E-state index in [9.17, 15) is 9.59 Å². The highest BCUT2D eigenvalue weighted by Gasteiger charge is 2.30. The SMILES string of the molecule is CC(C)C1CCN(C(=O)NC(C)C(C)C(=O)O)C1. The first kappa shape index (κ1) is 14.8. The largest absolute Gasteiger partial charge is 0.481 e. The molecule has 0 aromatic carbocycles. The fourth-order valence-corrected chi connectivity index (χ4v) is 2.14. The van der Waals surface area contributed by atoms with Gasteiger partial charge in [-0.1, -0.05) is 13.8 Å². The smallest absolute Gasteiger partial charge is 0.317 e. The second-order valence-corrected chi connectivity index (χ2v) is 5.60. The van der Waals surface area contributed by atoms with Crippen LogP contribution in [0.2, 0.25) is 0 Å². The molecule has 3 atom stereocenters. The Morgan fingerprint density at radius 2 is 1.89 bits per heavy atom. The zero-order chi connectivity index (χ0) is 13.9. The molecule has 1 heterocycles. The molecule has 0 aromatic heterocycles. The number of carbonyl (C=O) groups excluding carboxylic acids is 1. The molecule has 1 aliphatic rings. The van der Waals surface area contributed by atoms with Gasteiger partial charge in [-0.3, -0.25) is 4.79 Å². The number of rotatable bonds is 4. The topological polar surface area (TPSA) is 69.6 Å². The third-order valence-electron chi connectivity index (χ3n) is 3.95. The Labute approximate surface area is 109 Å². The summed E-state index contributed by atoms with van der Waals surface area (Å²) in [5.74, 6) is -0.317. The van der Waals surface area contributed by atoms with E-state index in [1.165, 1.54) is 0 Å². The molecular weight excluding hydrogens is 232 g/mol. The Balaban J connectivity index is 2.45. The summed E-state index contributed by atoms with van der Waals surface area (Å²) in [7, 11) is 0. The first-order chi connectivity index (χ1) is 8.32. The van der Waals surface area contributed by atoms with Crippen molar-refractivity contribution < 1.29 is 14.7 Å². The second kappa shape index (κ2) is 6.07. The molecule has 18 heavy (non-hydrogen) atoms. The van der Waals surface area contributed by atoms with Gasteiger partial charge in [0, 0.05) is 19.1 Å². The molecule has 5 heteroatoms. The van der Waals surface area contributed by atoms with Crippen LogP contribution in [-0.4, -0.2) is 41.1 Å². The van der Waals surface area contributed by atoms with Gasteiger partial charge in [0.1, 0.15) is 0 Å². The molecule has 0 radical (unpaired) electrons. The van der Waals surface area contributed by atoms with Crippen LogP contribution in [0.4, 0.5) is 4.79 Å². The Morgan fingerprint density at radius 3 is 2.33 bits per heavy atom. The lowest BCUT2D eigenvalue weighted by Crippen LogP contribution is -2.46. The van der Waals surface area contributed by atoms with E-state index in [1.54, 1.807) is 18.7 Å². The van der Waals surface area contributed by atoms with Crippen molar-refractivity contribution in [1.29, 1.82) is 0 Å². The summed E-state index contributed by atoms with van der Waals surface area (Å²) in [5, 5.41) is 11.6. The minimum absolute atomic E-state index is 0.140.